The van der Waals surface area contributed by atoms with Gasteiger partial charge in [-0.15, -0.1) is 11.8 Å². The van der Waals surface area contributed by atoms with E-state index in [0.29, 0.717) is 26.4 Å². The monoisotopic (exact) mass is 360 g/mol. The number of hydrogen-bond acceptors (Lipinski definition) is 3. The molecule has 0 amide bonds. The summed E-state index contributed by atoms with van der Waals surface area (Å²) in [4.78, 5) is 1.00. The fraction of sp³-hybridized carbons (Fsp3) is 0.0714. The van der Waals surface area contributed by atoms with Gasteiger partial charge in [0, 0.05) is 21.2 Å². The van der Waals surface area contributed by atoms with Crippen molar-refractivity contribution in [3.8, 4) is 0 Å². The average molecular weight is 362 g/mol. The van der Waals surface area contributed by atoms with E-state index in [9.17, 15) is 0 Å². The second-order valence-corrected chi connectivity index (χ2v) is 6.43. The van der Waals surface area contributed by atoms with Gasteiger partial charge in [-0.25, -0.2) is 0 Å². The number of oxime groups is 1. The number of thioether (sulfide) groups is 1. The number of hydrogen-bond donors (Lipinski definition) is 2. The number of rotatable bonds is 4. The molecule has 0 aliphatic carbocycles. The van der Waals surface area contributed by atoms with Crippen LogP contribution >= 0.6 is 46.6 Å². The summed E-state index contributed by atoms with van der Waals surface area (Å²) in [6, 6.07) is 10.7. The topological polar surface area (TPSA) is 58.6 Å². The lowest BCUT2D eigenvalue weighted by Crippen LogP contribution is -2.12. The van der Waals surface area contributed by atoms with Crippen LogP contribution in [0.25, 0.3) is 0 Å². The van der Waals surface area contributed by atoms with Crippen molar-refractivity contribution in [2.45, 2.75) is 10.6 Å². The molecule has 110 valence electrons. The van der Waals surface area contributed by atoms with Crippen molar-refractivity contribution in [3.05, 3.63) is 62.6 Å². The Morgan fingerprint density at radius 1 is 1.05 bits per heavy atom. The van der Waals surface area contributed by atoms with Gasteiger partial charge < -0.3 is 10.9 Å². The predicted molar refractivity (Wildman–Crippen MR) is 90.0 cm³/mol. The Kier molecular flexibility index (Phi) is 5.65. The van der Waals surface area contributed by atoms with Crippen molar-refractivity contribution in [3.63, 3.8) is 0 Å². The molecular weight excluding hydrogens is 351 g/mol. The molecule has 7 heteroatoms. The van der Waals surface area contributed by atoms with Gasteiger partial charge in [0.1, 0.15) is 0 Å². The van der Waals surface area contributed by atoms with E-state index in [0.717, 1.165) is 10.5 Å². The van der Waals surface area contributed by atoms with Crippen LogP contribution in [0.1, 0.15) is 11.1 Å². The molecule has 3 N–H and O–H groups in total. The van der Waals surface area contributed by atoms with Crippen LogP contribution in [-0.2, 0) is 5.75 Å². The Morgan fingerprint density at radius 3 is 2.43 bits per heavy atom. The second-order valence-electron chi connectivity index (χ2n) is 4.16. The Bertz CT molecular complexity index is 692. The molecular formula is C14H11Cl3N2OS. The highest BCUT2D eigenvalue weighted by molar-refractivity contribution is 7.98. The van der Waals surface area contributed by atoms with Gasteiger partial charge in [0.2, 0.25) is 0 Å². The van der Waals surface area contributed by atoms with Gasteiger partial charge in [-0.05, 0) is 29.8 Å². The van der Waals surface area contributed by atoms with Crippen molar-refractivity contribution in [1.82, 2.24) is 0 Å². The van der Waals surface area contributed by atoms with Crippen molar-refractivity contribution in [2.24, 2.45) is 10.9 Å². The molecule has 0 aromatic heterocycles. The first-order chi connectivity index (χ1) is 10.0. The molecule has 0 spiro atoms. The summed E-state index contributed by atoms with van der Waals surface area (Å²) in [6.07, 6.45) is 0. The minimum absolute atomic E-state index is 0.0283. The molecule has 0 bridgehead atoms. The van der Waals surface area contributed by atoms with E-state index < -0.39 is 0 Å². The van der Waals surface area contributed by atoms with Gasteiger partial charge in [0.15, 0.2) is 5.84 Å². The summed E-state index contributed by atoms with van der Waals surface area (Å²) >= 11 is 19.6. The standard InChI is InChI=1S/C14H11Cl3N2OS/c15-11-4-3-10(6-13(11)17)21-7-9-2-1-8(5-12(9)16)14(18)19-20/h1-6,20H,7H2,(H2,18,19). The van der Waals surface area contributed by atoms with Gasteiger partial charge in [0.05, 0.1) is 10.0 Å². The second kappa shape index (κ2) is 7.27. The highest BCUT2D eigenvalue weighted by Crippen LogP contribution is 2.31. The number of nitrogens with zero attached hydrogens (tertiary/aromatic N) is 1. The third-order valence-corrected chi connectivity index (χ3v) is 4.88. The highest BCUT2D eigenvalue weighted by Gasteiger charge is 2.07. The van der Waals surface area contributed by atoms with Gasteiger partial charge in [-0.1, -0.05) is 52.1 Å². The molecule has 0 unspecified atom stereocenters. The molecule has 0 saturated heterocycles. The van der Waals surface area contributed by atoms with Crippen LogP contribution in [0.3, 0.4) is 0 Å². The van der Waals surface area contributed by atoms with Crippen LogP contribution in [0.4, 0.5) is 0 Å². The zero-order valence-corrected chi connectivity index (χ0v) is 13.8. The maximum absolute atomic E-state index is 8.64. The van der Waals surface area contributed by atoms with Crippen molar-refractivity contribution >= 4 is 52.4 Å². The zero-order valence-electron chi connectivity index (χ0n) is 10.7. The molecule has 0 fully saturated rings. The average Bonchev–Trinajstić information content (AvgIpc) is 2.48. The van der Waals surface area contributed by atoms with Gasteiger partial charge >= 0.3 is 0 Å². The van der Waals surface area contributed by atoms with E-state index >= 15 is 0 Å². The van der Waals surface area contributed by atoms with Crippen LogP contribution in [0, 0.1) is 0 Å². The Hall–Kier alpha value is -1.07. The molecule has 2 aromatic rings. The number of nitrogens with two attached hydrogens (primary N) is 1. The molecule has 2 aromatic carbocycles. The van der Waals surface area contributed by atoms with Crippen LogP contribution in [-0.4, -0.2) is 11.0 Å². The smallest absolute Gasteiger partial charge is 0.170 e. The molecule has 0 saturated carbocycles. The van der Waals surface area contributed by atoms with Crippen LogP contribution in [0.15, 0.2) is 46.4 Å². The summed E-state index contributed by atoms with van der Waals surface area (Å²) in [6.45, 7) is 0. The maximum Gasteiger partial charge on any atom is 0.170 e. The van der Waals surface area contributed by atoms with E-state index in [1.54, 1.807) is 30.0 Å². The van der Waals surface area contributed by atoms with Crippen LogP contribution < -0.4 is 5.73 Å². The predicted octanol–water partition coefficient (Wildman–Crippen LogP) is 5.03. The minimum Gasteiger partial charge on any atom is -0.409 e. The summed E-state index contributed by atoms with van der Waals surface area (Å²) in [7, 11) is 0. The van der Waals surface area contributed by atoms with E-state index in [1.165, 1.54) is 0 Å². The lowest BCUT2D eigenvalue weighted by Gasteiger charge is -2.07. The Balaban J connectivity index is 2.11. The third kappa shape index (κ3) is 4.20. The molecule has 3 nitrogen and oxygen atoms in total. The van der Waals surface area contributed by atoms with Gasteiger partial charge in [0.25, 0.3) is 0 Å². The van der Waals surface area contributed by atoms with Crippen LogP contribution in [0.2, 0.25) is 15.1 Å². The number of benzene rings is 2. The normalized spacial score (nSPS) is 11.7. The first-order valence-corrected chi connectivity index (χ1v) is 7.97. The fourth-order valence-electron chi connectivity index (χ4n) is 1.61. The molecule has 0 aliphatic heterocycles. The van der Waals surface area contributed by atoms with Crippen LogP contribution in [0.5, 0.6) is 0 Å². The highest BCUT2D eigenvalue weighted by atomic mass is 35.5. The van der Waals surface area contributed by atoms with Gasteiger partial charge in [-0.3, -0.25) is 0 Å². The number of halogens is 3. The SMILES string of the molecule is N/C(=N/O)c1ccc(CSc2ccc(Cl)c(Cl)c2)c(Cl)c1. The summed E-state index contributed by atoms with van der Waals surface area (Å²) < 4.78 is 0. The van der Waals surface area contributed by atoms with E-state index in [4.69, 9.17) is 45.7 Å². The third-order valence-electron chi connectivity index (χ3n) is 2.74. The first-order valence-electron chi connectivity index (χ1n) is 5.85. The Morgan fingerprint density at radius 2 is 1.81 bits per heavy atom. The Labute approximate surface area is 141 Å². The maximum atomic E-state index is 8.64. The molecule has 0 heterocycles. The van der Waals surface area contributed by atoms with Gasteiger partial charge in [-0.2, -0.15) is 0 Å². The van der Waals surface area contributed by atoms with E-state index in [2.05, 4.69) is 5.16 Å². The summed E-state index contributed by atoms with van der Waals surface area (Å²) in [5.74, 6) is 0.702. The van der Waals surface area contributed by atoms with Crippen molar-refractivity contribution in [1.29, 1.82) is 0 Å². The molecule has 2 rings (SSSR count). The molecule has 21 heavy (non-hydrogen) atoms. The van der Waals surface area contributed by atoms with E-state index in [-0.39, 0.29) is 5.84 Å². The summed E-state index contributed by atoms with van der Waals surface area (Å²) in [5, 5.41) is 13.2. The molecule has 0 radical (unpaired) electrons. The van der Waals surface area contributed by atoms with Crippen molar-refractivity contribution < 1.29 is 5.21 Å². The fourth-order valence-corrected chi connectivity index (χ4v) is 3.24. The zero-order chi connectivity index (χ0) is 15.4. The largest absolute Gasteiger partial charge is 0.409 e. The summed E-state index contributed by atoms with van der Waals surface area (Å²) in [5.41, 5.74) is 7.04. The molecule has 0 aliphatic rings. The number of amidine groups is 1. The van der Waals surface area contributed by atoms with E-state index in [1.807, 2.05) is 18.2 Å². The lowest BCUT2D eigenvalue weighted by atomic mass is 10.1. The quantitative estimate of drug-likeness (QED) is 0.264. The first kappa shape index (κ1) is 16.3. The minimum atomic E-state index is 0.0283. The lowest BCUT2D eigenvalue weighted by molar-refractivity contribution is 0.318. The molecule has 0 atom stereocenters. The van der Waals surface area contributed by atoms with Crippen molar-refractivity contribution in [2.75, 3.05) is 0 Å².